The van der Waals surface area contributed by atoms with Crippen LogP contribution in [0.3, 0.4) is 0 Å². The van der Waals surface area contributed by atoms with Gasteiger partial charge in [-0.25, -0.2) is 8.78 Å². The lowest BCUT2D eigenvalue weighted by atomic mass is 10.1. The first-order chi connectivity index (χ1) is 16.3. The fourth-order valence-corrected chi connectivity index (χ4v) is 4.35. The van der Waals surface area contributed by atoms with E-state index in [1.54, 1.807) is 23.1 Å². The lowest BCUT2D eigenvalue weighted by molar-refractivity contribution is 0.0751. The van der Waals surface area contributed by atoms with Crippen LogP contribution in [-0.2, 0) is 0 Å². The minimum absolute atomic E-state index is 0.00131. The molecule has 0 bridgehead atoms. The third-order valence-corrected chi connectivity index (χ3v) is 6.30. The molecule has 0 radical (unpaired) electrons. The van der Waals surface area contributed by atoms with Crippen LogP contribution in [0.4, 0.5) is 28.9 Å². The molecule has 0 aliphatic carbocycles. The highest BCUT2D eigenvalue weighted by atomic mass is 32.1. The smallest absolute Gasteiger partial charge is 0.264 e. The largest absolute Gasteiger partial charge is 0.491 e. The van der Waals surface area contributed by atoms with Crippen molar-refractivity contribution in [3.63, 3.8) is 0 Å². The summed E-state index contributed by atoms with van der Waals surface area (Å²) in [6.45, 7) is 2.29. The standard InChI is InChI=1S/C23H19F4N3O3S/c1-33-21-19(26)17(24)16(18(25)20(21)27)22(31)28-13-4-6-14(7-5-13)29-8-10-30(11-9-29)23(32)15-3-2-12-34-15/h2-7,12H,8-11H2,1H3,(H,28,31). The third-order valence-electron chi connectivity index (χ3n) is 5.44. The molecule has 0 unspecified atom stereocenters. The van der Waals surface area contributed by atoms with E-state index >= 15 is 0 Å². The molecule has 1 aliphatic heterocycles. The molecule has 1 aromatic heterocycles. The average Bonchev–Trinajstić information content (AvgIpc) is 3.39. The predicted octanol–water partition coefficient (Wildman–Crippen LogP) is 4.53. The number of nitrogens with zero attached hydrogens (tertiary/aromatic N) is 2. The van der Waals surface area contributed by atoms with Crippen molar-refractivity contribution < 1.29 is 31.9 Å². The maximum Gasteiger partial charge on any atom is 0.264 e. The molecule has 2 aromatic carbocycles. The minimum atomic E-state index is -1.85. The lowest BCUT2D eigenvalue weighted by Crippen LogP contribution is -2.48. The normalized spacial score (nSPS) is 13.7. The second kappa shape index (κ2) is 9.72. The molecule has 1 N–H and O–H groups in total. The number of piperazine rings is 1. The number of anilines is 2. The fraction of sp³-hybridized carbons (Fsp3) is 0.217. The number of carbonyl (C=O) groups excluding carboxylic acids is 2. The van der Waals surface area contributed by atoms with E-state index in [2.05, 4.69) is 15.0 Å². The summed E-state index contributed by atoms with van der Waals surface area (Å²) in [4.78, 5) is 29.3. The van der Waals surface area contributed by atoms with Crippen LogP contribution < -0.4 is 15.0 Å². The van der Waals surface area contributed by atoms with Crippen molar-refractivity contribution in [1.29, 1.82) is 0 Å². The second-order valence-electron chi connectivity index (χ2n) is 7.42. The monoisotopic (exact) mass is 493 g/mol. The van der Waals surface area contributed by atoms with Crippen molar-refractivity contribution in [3.05, 3.63) is 75.5 Å². The van der Waals surface area contributed by atoms with Crippen LogP contribution in [0, 0.1) is 23.3 Å². The average molecular weight is 493 g/mol. The first-order valence-electron chi connectivity index (χ1n) is 10.2. The zero-order chi connectivity index (χ0) is 24.4. The maximum atomic E-state index is 14.2. The van der Waals surface area contributed by atoms with E-state index in [0.29, 0.717) is 31.1 Å². The SMILES string of the molecule is COc1c(F)c(F)c(C(=O)Nc2ccc(N3CCN(C(=O)c4cccs4)CC3)cc2)c(F)c1F. The van der Waals surface area contributed by atoms with E-state index < -0.39 is 40.5 Å². The molecular formula is C23H19F4N3O3S. The molecular weight excluding hydrogens is 474 g/mol. The molecule has 178 valence electrons. The van der Waals surface area contributed by atoms with E-state index in [-0.39, 0.29) is 11.6 Å². The number of amides is 2. The molecule has 3 aromatic rings. The molecule has 11 heteroatoms. The summed E-state index contributed by atoms with van der Waals surface area (Å²) >= 11 is 1.40. The molecule has 0 atom stereocenters. The van der Waals surface area contributed by atoms with Gasteiger partial charge < -0.3 is 19.9 Å². The molecule has 1 saturated heterocycles. The molecule has 4 rings (SSSR count). The van der Waals surface area contributed by atoms with Crippen molar-refractivity contribution in [2.45, 2.75) is 0 Å². The third kappa shape index (κ3) is 4.43. The van der Waals surface area contributed by atoms with Crippen LogP contribution in [0.15, 0.2) is 41.8 Å². The van der Waals surface area contributed by atoms with Crippen LogP contribution in [0.5, 0.6) is 5.75 Å². The molecule has 2 heterocycles. The van der Waals surface area contributed by atoms with Crippen LogP contribution >= 0.6 is 11.3 Å². The minimum Gasteiger partial charge on any atom is -0.491 e. The molecule has 2 amide bonds. The quantitative estimate of drug-likeness (QED) is 0.419. The molecule has 6 nitrogen and oxygen atoms in total. The van der Waals surface area contributed by atoms with Gasteiger partial charge in [-0.1, -0.05) is 6.07 Å². The number of hydrogen-bond acceptors (Lipinski definition) is 5. The summed E-state index contributed by atoms with van der Waals surface area (Å²) in [6, 6.07) is 10.0. The Bertz CT molecular complexity index is 1180. The number of nitrogens with one attached hydrogen (secondary N) is 1. The summed E-state index contributed by atoms with van der Waals surface area (Å²) in [5, 5.41) is 4.09. The highest BCUT2D eigenvalue weighted by Crippen LogP contribution is 2.30. The van der Waals surface area contributed by atoms with Gasteiger partial charge >= 0.3 is 0 Å². The second-order valence-corrected chi connectivity index (χ2v) is 8.37. The van der Waals surface area contributed by atoms with E-state index in [9.17, 15) is 27.2 Å². The Hall–Kier alpha value is -3.60. The number of carbonyl (C=O) groups is 2. The van der Waals surface area contributed by atoms with Gasteiger partial charge in [0.15, 0.2) is 17.4 Å². The van der Waals surface area contributed by atoms with Crippen molar-refractivity contribution in [2.24, 2.45) is 0 Å². The van der Waals surface area contributed by atoms with Gasteiger partial charge in [-0.3, -0.25) is 9.59 Å². The topological polar surface area (TPSA) is 61.9 Å². The number of hydrogen-bond donors (Lipinski definition) is 1. The first-order valence-corrected chi connectivity index (χ1v) is 11.1. The van der Waals surface area contributed by atoms with Crippen LogP contribution in [0.1, 0.15) is 20.0 Å². The Morgan fingerprint density at radius 2 is 1.53 bits per heavy atom. The van der Waals surface area contributed by atoms with E-state index in [0.717, 1.165) is 12.8 Å². The van der Waals surface area contributed by atoms with E-state index in [1.807, 2.05) is 11.4 Å². The summed E-state index contributed by atoms with van der Waals surface area (Å²) in [5.41, 5.74) is -0.387. The number of benzene rings is 2. The number of rotatable bonds is 5. The van der Waals surface area contributed by atoms with E-state index in [1.165, 1.54) is 23.5 Å². The van der Waals surface area contributed by atoms with Crippen LogP contribution in [0.2, 0.25) is 0 Å². The van der Waals surface area contributed by atoms with Gasteiger partial charge in [-0.2, -0.15) is 8.78 Å². The molecule has 0 saturated carbocycles. The predicted molar refractivity (Wildman–Crippen MR) is 120 cm³/mol. The van der Waals surface area contributed by atoms with Crippen molar-refractivity contribution in [3.8, 4) is 5.75 Å². The molecule has 34 heavy (non-hydrogen) atoms. The van der Waals surface area contributed by atoms with Gasteiger partial charge in [-0.15, -0.1) is 11.3 Å². The van der Waals surface area contributed by atoms with Gasteiger partial charge in [0.05, 0.1) is 12.0 Å². The van der Waals surface area contributed by atoms with Crippen LogP contribution in [0.25, 0.3) is 0 Å². The molecule has 1 aliphatic rings. The lowest BCUT2D eigenvalue weighted by Gasteiger charge is -2.36. The van der Waals surface area contributed by atoms with Crippen LogP contribution in [-0.4, -0.2) is 50.0 Å². The van der Waals surface area contributed by atoms with Gasteiger partial charge in [0, 0.05) is 37.6 Å². The summed E-state index contributed by atoms with van der Waals surface area (Å²) in [5.74, 6) is -9.87. The van der Waals surface area contributed by atoms with Gasteiger partial charge in [0.25, 0.3) is 11.8 Å². The molecule has 1 fully saturated rings. The highest BCUT2D eigenvalue weighted by molar-refractivity contribution is 7.12. The van der Waals surface area contributed by atoms with Crippen molar-refractivity contribution in [1.82, 2.24) is 4.90 Å². The van der Waals surface area contributed by atoms with Gasteiger partial charge in [0.1, 0.15) is 5.56 Å². The zero-order valence-corrected chi connectivity index (χ0v) is 18.7. The Morgan fingerprint density at radius 3 is 2.06 bits per heavy atom. The maximum absolute atomic E-state index is 14.2. The Balaban J connectivity index is 1.41. The summed E-state index contributed by atoms with van der Waals surface area (Å²) in [7, 11) is 0.850. The number of thiophene rings is 1. The Morgan fingerprint density at radius 1 is 0.912 bits per heavy atom. The number of halogens is 4. The number of methoxy groups -OCH3 is 1. The zero-order valence-electron chi connectivity index (χ0n) is 17.9. The van der Waals surface area contributed by atoms with Crippen molar-refractivity contribution >= 4 is 34.5 Å². The highest BCUT2D eigenvalue weighted by Gasteiger charge is 2.30. The summed E-state index contributed by atoms with van der Waals surface area (Å²) < 4.78 is 60.5. The Kier molecular flexibility index (Phi) is 6.73. The van der Waals surface area contributed by atoms with E-state index in [4.69, 9.17) is 0 Å². The fourth-order valence-electron chi connectivity index (χ4n) is 3.66. The van der Waals surface area contributed by atoms with Crippen molar-refractivity contribution in [2.75, 3.05) is 43.5 Å². The van der Waals surface area contributed by atoms with Gasteiger partial charge in [-0.05, 0) is 35.7 Å². The summed E-state index contributed by atoms with van der Waals surface area (Å²) in [6.07, 6.45) is 0. The first kappa shape index (κ1) is 23.6. The van der Waals surface area contributed by atoms with Gasteiger partial charge in [0.2, 0.25) is 11.6 Å². The molecule has 0 spiro atoms. The number of ether oxygens (including phenoxy) is 1. The Labute approximate surface area is 196 Å².